The molecule has 0 fully saturated rings. The highest BCUT2D eigenvalue weighted by Gasteiger charge is 2.62. The smallest absolute Gasteiger partial charge is 0.339 e. The molecule has 2 aliphatic heterocycles. The number of hydrogen-bond donors (Lipinski definition) is 2. The molecule has 35 heavy (non-hydrogen) atoms. The summed E-state index contributed by atoms with van der Waals surface area (Å²) in [5.74, 6) is -1.52. The Bertz CT molecular complexity index is 1380. The highest BCUT2D eigenvalue weighted by Crippen LogP contribution is 2.56. The maximum Gasteiger partial charge on any atom is 0.339 e. The number of nitrogens with two attached hydrogens (primary N) is 1. The van der Waals surface area contributed by atoms with Gasteiger partial charge in [-0.3, -0.25) is 14.5 Å². The molecule has 1 unspecified atom stereocenters. The van der Waals surface area contributed by atoms with Crippen molar-refractivity contribution < 1.29 is 19.1 Å². The SMILES string of the molecule is CCOC(=O)C1=C(N)N(c2cc(Cl)ccc2C)C2=C(C(=O)CCC2)C12C(=O)Nc1ccc(Cl)cc12. The van der Waals surface area contributed by atoms with Crippen LogP contribution in [0.5, 0.6) is 0 Å². The number of carbonyl (C=O) groups is 3. The van der Waals surface area contributed by atoms with Crippen LogP contribution in [0.4, 0.5) is 11.4 Å². The number of ketones is 1. The van der Waals surface area contributed by atoms with E-state index < -0.39 is 17.3 Å². The summed E-state index contributed by atoms with van der Waals surface area (Å²) in [5.41, 5.74) is 8.02. The first-order chi connectivity index (χ1) is 16.7. The molecule has 0 bridgehead atoms. The van der Waals surface area contributed by atoms with Crippen molar-refractivity contribution in [3.05, 3.63) is 80.2 Å². The Balaban J connectivity index is 1.93. The van der Waals surface area contributed by atoms with Crippen molar-refractivity contribution in [1.29, 1.82) is 0 Å². The second-order valence-corrected chi connectivity index (χ2v) is 9.61. The van der Waals surface area contributed by atoms with Gasteiger partial charge >= 0.3 is 5.97 Å². The molecule has 2 aromatic rings. The standard InChI is InChI=1S/C26H23Cl2N3O4/c1-3-35-24(33)22-23(29)31(19-12-15(28)8-7-13(19)2)18-5-4-6-20(32)21(18)26(22)16-11-14(27)9-10-17(16)30-25(26)34/h7-12H,3-6,29H2,1-2H3,(H,30,34). The number of rotatable bonds is 3. The number of hydrogen-bond acceptors (Lipinski definition) is 6. The molecule has 3 N–H and O–H groups in total. The molecule has 1 amide bonds. The van der Waals surface area contributed by atoms with Crippen molar-refractivity contribution in [3.8, 4) is 0 Å². The van der Waals surface area contributed by atoms with E-state index in [1.54, 1.807) is 42.2 Å². The topological polar surface area (TPSA) is 102 Å². The van der Waals surface area contributed by atoms with Gasteiger partial charge in [-0.2, -0.15) is 0 Å². The summed E-state index contributed by atoms with van der Waals surface area (Å²) in [4.78, 5) is 42.8. The fourth-order valence-corrected chi connectivity index (χ4v) is 5.72. The van der Waals surface area contributed by atoms with E-state index in [0.29, 0.717) is 45.5 Å². The molecular formula is C26H23Cl2N3O4. The van der Waals surface area contributed by atoms with Gasteiger partial charge in [0.25, 0.3) is 0 Å². The van der Waals surface area contributed by atoms with Crippen LogP contribution in [0.2, 0.25) is 10.0 Å². The van der Waals surface area contributed by atoms with Crippen molar-refractivity contribution in [2.75, 3.05) is 16.8 Å². The number of Topliss-reactive ketones (excluding diaryl/α,β-unsaturated/α-hetero) is 1. The minimum atomic E-state index is -1.77. The number of ether oxygens (including phenoxy) is 1. The van der Waals surface area contributed by atoms with Gasteiger partial charge in [0.05, 0.1) is 12.3 Å². The molecule has 1 aliphatic carbocycles. The zero-order chi connectivity index (χ0) is 25.1. The van der Waals surface area contributed by atoms with Crippen molar-refractivity contribution in [3.63, 3.8) is 0 Å². The van der Waals surface area contributed by atoms with E-state index in [1.807, 2.05) is 13.0 Å². The number of carbonyl (C=O) groups excluding carboxylic acids is 3. The third kappa shape index (κ3) is 3.29. The van der Waals surface area contributed by atoms with Crippen molar-refractivity contribution >= 4 is 52.2 Å². The predicted molar refractivity (Wildman–Crippen MR) is 134 cm³/mol. The number of halogens is 2. The van der Waals surface area contributed by atoms with Crippen LogP contribution >= 0.6 is 23.2 Å². The van der Waals surface area contributed by atoms with Gasteiger partial charge in [-0.05, 0) is 62.6 Å². The maximum absolute atomic E-state index is 13.9. The molecular weight excluding hydrogens is 489 g/mol. The molecule has 7 nitrogen and oxygen atoms in total. The number of anilines is 2. The van der Waals surface area contributed by atoms with Gasteiger partial charge in [0.15, 0.2) is 5.78 Å². The lowest BCUT2D eigenvalue weighted by molar-refractivity contribution is -0.140. The van der Waals surface area contributed by atoms with Crippen LogP contribution in [0.3, 0.4) is 0 Å². The Kier molecular flexibility index (Phi) is 5.65. The number of amides is 1. The summed E-state index contributed by atoms with van der Waals surface area (Å²) < 4.78 is 5.41. The van der Waals surface area contributed by atoms with Gasteiger partial charge in [0, 0.05) is 39.0 Å². The first kappa shape index (κ1) is 23.5. The Morgan fingerprint density at radius 1 is 1.14 bits per heavy atom. The van der Waals surface area contributed by atoms with Crippen LogP contribution in [0, 0.1) is 6.92 Å². The normalized spacial score (nSPS) is 21.3. The molecule has 0 aromatic heterocycles. The van der Waals surface area contributed by atoms with Crippen LogP contribution in [-0.2, 0) is 24.5 Å². The van der Waals surface area contributed by atoms with Crippen LogP contribution in [0.25, 0.3) is 0 Å². The van der Waals surface area contributed by atoms with E-state index in [9.17, 15) is 14.4 Å². The van der Waals surface area contributed by atoms with Crippen LogP contribution in [-0.4, -0.2) is 24.3 Å². The van der Waals surface area contributed by atoms with Crippen molar-refractivity contribution in [2.45, 2.75) is 38.5 Å². The van der Waals surface area contributed by atoms with Crippen molar-refractivity contribution in [1.82, 2.24) is 0 Å². The quantitative estimate of drug-likeness (QED) is 0.576. The number of fused-ring (bicyclic) bond motifs is 3. The summed E-state index contributed by atoms with van der Waals surface area (Å²) >= 11 is 12.7. The lowest BCUT2D eigenvalue weighted by Gasteiger charge is -2.44. The summed E-state index contributed by atoms with van der Waals surface area (Å²) in [7, 11) is 0. The van der Waals surface area contributed by atoms with E-state index in [0.717, 1.165) is 5.56 Å². The molecule has 5 rings (SSSR count). The van der Waals surface area contributed by atoms with Gasteiger partial charge in [-0.15, -0.1) is 0 Å². The highest BCUT2D eigenvalue weighted by atomic mass is 35.5. The average molecular weight is 512 g/mol. The highest BCUT2D eigenvalue weighted by molar-refractivity contribution is 6.32. The minimum Gasteiger partial charge on any atom is -0.462 e. The Labute approximate surface area is 212 Å². The van der Waals surface area contributed by atoms with Crippen LogP contribution < -0.4 is 16.0 Å². The van der Waals surface area contributed by atoms with E-state index in [-0.39, 0.29) is 35.8 Å². The van der Waals surface area contributed by atoms with Gasteiger partial charge in [-0.1, -0.05) is 29.3 Å². The molecule has 0 radical (unpaired) electrons. The fourth-order valence-electron chi connectivity index (χ4n) is 5.38. The van der Waals surface area contributed by atoms with E-state index in [4.69, 9.17) is 33.7 Å². The molecule has 2 heterocycles. The summed E-state index contributed by atoms with van der Waals surface area (Å²) in [5, 5.41) is 3.67. The second kappa shape index (κ2) is 8.43. The molecule has 2 aromatic carbocycles. The lowest BCUT2D eigenvalue weighted by Crippen LogP contribution is -2.53. The van der Waals surface area contributed by atoms with Gasteiger partial charge in [-0.25, -0.2) is 4.79 Å². The van der Waals surface area contributed by atoms with Crippen LogP contribution in [0.1, 0.15) is 37.3 Å². The number of allylic oxidation sites excluding steroid dienone is 1. The van der Waals surface area contributed by atoms with Gasteiger partial charge in [0.1, 0.15) is 16.8 Å². The van der Waals surface area contributed by atoms with Gasteiger partial charge in [0.2, 0.25) is 5.91 Å². The molecule has 1 atom stereocenters. The zero-order valence-electron chi connectivity index (χ0n) is 19.2. The Morgan fingerprint density at radius 3 is 2.60 bits per heavy atom. The first-order valence-corrected chi connectivity index (χ1v) is 12.1. The summed E-state index contributed by atoms with van der Waals surface area (Å²) in [6.45, 7) is 3.61. The summed E-state index contributed by atoms with van der Waals surface area (Å²) in [6.07, 6.45) is 1.30. The fraction of sp³-hybridized carbons (Fsp3) is 0.269. The molecule has 9 heteroatoms. The largest absolute Gasteiger partial charge is 0.462 e. The molecule has 3 aliphatic rings. The molecule has 180 valence electrons. The van der Waals surface area contributed by atoms with Crippen LogP contribution in [0.15, 0.2) is 59.1 Å². The number of aryl methyl sites for hydroxylation is 1. The number of nitrogens with zero attached hydrogens (tertiary/aromatic N) is 1. The maximum atomic E-state index is 13.9. The predicted octanol–water partition coefficient (Wildman–Crippen LogP) is 4.75. The van der Waals surface area contributed by atoms with E-state index in [2.05, 4.69) is 5.32 Å². The molecule has 0 saturated carbocycles. The summed E-state index contributed by atoms with van der Waals surface area (Å²) in [6, 6.07) is 10.2. The van der Waals surface area contributed by atoms with Gasteiger partial charge < -0.3 is 15.8 Å². The zero-order valence-corrected chi connectivity index (χ0v) is 20.7. The first-order valence-electron chi connectivity index (χ1n) is 11.3. The van der Waals surface area contributed by atoms with E-state index in [1.165, 1.54) is 0 Å². The average Bonchev–Trinajstić information content (AvgIpc) is 3.08. The molecule has 0 saturated heterocycles. The number of nitrogens with one attached hydrogen (secondary N) is 1. The Hall–Kier alpha value is -3.29. The monoisotopic (exact) mass is 511 g/mol. The van der Waals surface area contributed by atoms with Crippen molar-refractivity contribution in [2.24, 2.45) is 5.73 Å². The minimum absolute atomic E-state index is 0.0187. The second-order valence-electron chi connectivity index (χ2n) is 8.74. The Morgan fingerprint density at radius 2 is 1.86 bits per heavy atom. The number of esters is 1. The molecule has 1 spiro atoms. The lowest BCUT2D eigenvalue weighted by atomic mass is 9.63. The third-order valence-corrected chi connectivity index (χ3v) is 7.24. The van der Waals surface area contributed by atoms with E-state index >= 15 is 0 Å². The third-order valence-electron chi connectivity index (χ3n) is 6.77. The number of benzene rings is 2.